The smallest absolute Gasteiger partial charge is 0.267 e. The molecule has 0 aliphatic rings. The van der Waals surface area contributed by atoms with Gasteiger partial charge < -0.3 is 4.52 Å². The molecule has 1 N–H and O–H groups in total. The lowest BCUT2D eigenvalue weighted by Crippen LogP contribution is -2.15. The lowest BCUT2D eigenvalue weighted by atomic mass is 9.95. The zero-order chi connectivity index (χ0) is 20.6. The van der Waals surface area contributed by atoms with Crippen LogP contribution in [-0.2, 0) is 10.0 Å². The maximum absolute atomic E-state index is 13.0. The van der Waals surface area contributed by atoms with E-state index in [1.54, 1.807) is 38.2 Å². The Morgan fingerprint density at radius 3 is 2.48 bits per heavy atom. The van der Waals surface area contributed by atoms with Crippen LogP contribution in [0.25, 0.3) is 21.9 Å². The monoisotopic (exact) mass is 404 g/mol. The van der Waals surface area contributed by atoms with Crippen LogP contribution in [0.2, 0.25) is 0 Å². The summed E-state index contributed by atoms with van der Waals surface area (Å²) < 4.78 is 33.6. The Bertz CT molecular complexity index is 1370. The number of benzene rings is 2. The van der Waals surface area contributed by atoms with E-state index >= 15 is 0 Å². The highest BCUT2D eigenvalue weighted by Crippen LogP contribution is 2.35. The van der Waals surface area contributed by atoms with Crippen molar-refractivity contribution in [2.24, 2.45) is 0 Å². The van der Waals surface area contributed by atoms with Crippen LogP contribution in [0.5, 0.6) is 0 Å². The van der Waals surface area contributed by atoms with Crippen LogP contribution in [-0.4, -0.2) is 18.6 Å². The molecule has 0 spiro atoms. The van der Waals surface area contributed by atoms with E-state index in [0.29, 0.717) is 16.8 Å². The number of nitrogens with zero attached hydrogens (tertiary/aromatic N) is 3. The van der Waals surface area contributed by atoms with E-state index in [9.17, 15) is 13.7 Å². The third-order valence-electron chi connectivity index (χ3n) is 4.64. The molecule has 0 saturated carbocycles. The number of aryl methyl sites for hydroxylation is 2. The topological polar surface area (TPSA) is 109 Å². The molecule has 0 radical (unpaired) electrons. The molecular weight excluding hydrogens is 388 g/mol. The summed E-state index contributed by atoms with van der Waals surface area (Å²) in [7, 11) is -3.91. The lowest BCUT2D eigenvalue weighted by molar-refractivity contribution is 0.390. The van der Waals surface area contributed by atoms with Crippen molar-refractivity contribution in [3.63, 3.8) is 0 Å². The van der Waals surface area contributed by atoms with E-state index < -0.39 is 10.0 Å². The molecule has 2 heterocycles. The Morgan fingerprint density at radius 1 is 1.03 bits per heavy atom. The fraction of sp³-hybridized carbons (Fsp3) is 0.0952. The first-order chi connectivity index (χ1) is 13.9. The van der Waals surface area contributed by atoms with Crippen LogP contribution < -0.4 is 4.72 Å². The van der Waals surface area contributed by atoms with Gasteiger partial charge in [0.15, 0.2) is 10.7 Å². The fourth-order valence-corrected chi connectivity index (χ4v) is 4.80. The molecule has 144 valence electrons. The van der Waals surface area contributed by atoms with Crippen molar-refractivity contribution < 1.29 is 12.9 Å². The van der Waals surface area contributed by atoms with Gasteiger partial charge in [-0.25, -0.2) is 8.42 Å². The molecule has 8 heteroatoms. The third kappa shape index (κ3) is 3.22. The van der Waals surface area contributed by atoms with Crippen molar-refractivity contribution in [2.45, 2.75) is 18.7 Å². The minimum atomic E-state index is -3.91. The van der Waals surface area contributed by atoms with Gasteiger partial charge in [0.25, 0.3) is 10.0 Å². The summed E-state index contributed by atoms with van der Waals surface area (Å²) >= 11 is 0. The van der Waals surface area contributed by atoms with Crippen LogP contribution in [0.3, 0.4) is 0 Å². The molecule has 2 aromatic carbocycles. The van der Waals surface area contributed by atoms with Crippen LogP contribution in [0.15, 0.2) is 64.3 Å². The van der Waals surface area contributed by atoms with Crippen LogP contribution in [0, 0.1) is 25.2 Å². The highest BCUT2D eigenvalue weighted by molar-refractivity contribution is 7.92. The van der Waals surface area contributed by atoms with E-state index in [0.717, 1.165) is 16.3 Å². The van der Waals surface area contributed by atoms with Gasteiger partial charge in [-0.15, -0.1) is 0 Å². The minimum Gasteiger partial charge on any atom is -0.360 e. The average Bonchev–Trinajstić information content (AvgIpc) is 3.06. The van der Waals surface area contributed by atoms with Crippen molar-refractivity contribution in [1.82, 2.24) is 10.1 Å². The van der Waals surface area contributed by atoms with Gasteiger partial charge in [-0.3, -0.25) is 9.71 Å². The zero-order valence-electron chi connectivity index (χ0n) is 15.7. The summed E-state index contributed by atoms with van der Waals surface area (Å²) in [5, 5.41) is 14.7. The van der Waals surface area contributed by atoms with Crippen molar-refractivity contribution >= 4 is 26.5 Å². The summed E-state index contributed by atoms with van der Waals surface area (Å²) in [5.41, 5.74) is 2.57. The summed E-state index contributed by atoms with van der Waals surface area (Å²) in [6.07, 6.45) is 3.11. The molecule has 0 fully saturated rings. The standard InChI is InChI=1S/C21H16N4O3S/c1-13-21(14(2)28-24-13)29(26,27)25-20-9-10-23-12-19(20)18-8-7-15(11-22)16-5-3-4-6-17(16)18/h3-10,12H,1-2H3,(H,23,25). The van der Waals surface area contributed by atoms with Crippen molar-refractivity contribution in [3.8, 4) is 17.2 Å². The Balaban J connectivity index is 1.88. The first-order valence-corrected chi connectivity index (χ1v) is 10.2. The summed E-state index contributed by atoms with van der Waals surface area (Å²) in [5.74, 6) is 0.217. The average molecular weight is 404 g/mol. The van der Waals surface area contributed by atoms with E-state index in [-0.39, 0.29) is 16.3 Å². The molecular formula is C21H16N4O3S. The number of hydrogen-bond donors (Lipinski definition) is 1. The third-order valence-corrected chi connectivity index (χ3v) is 6.25. The van der Waals surface area contributed by atoms with Gasteiger partial charge in [0.05, 0.1) is 17.3 Å². The van der Waals surface area contributed by atoms with Crippen LogP contribution in [0.1, 0.15) is 17.0 Å². The van der Waals surface area contributed by atoms with Gasteiger partial charge in [0.1, 0.15) is 5.69 Å². The highest BCUT2D eigenvalue weighted by Gasteiger charge is 2.25. The highest BCUT2D eigenvalue weighted by atomic mass is 32.2. The number of nitrogens with one attached hydrogen (secondary N) is 1. The Hall–Kier alpha value is -3.70. The molecule has 0 saturated heterocycles. The number of fused-ring (bicyclic) bond motifs is 1. The van der Waals surface area contributed by atoms with E-state index in [1.807, 2.05) is 24.3 Å². The van der Waals surface area contributed by atoms with Crippen LogP contribution in [0.4, 0.5) is 5.69 Å². The van der Waals surface area contributed by atoms with Gasteiger partial charge in [0, 0.05) is 23.3 Å². The van der Waals surface area contributed by atoms with Gasteiger partial charge in [-0.2, -0.15) is 5.26 Å². The molecule has 29 heavy (non-hydrogen) atoms. The molecule has 0 bridgehead atoms. The lowest BCUT2D eigenvalue weighted by Gasteiger charge is -2.14. The molecule has 0 atom stereocenters. The van der Waals surface area contributed by atoms with Gasteiger partial charge in [-0.05, 0) is 36.9 Å². The van der Waals surface area contributed by atoms with E-state index in [4.69, 9.17) is 4.52 Å². The second-order valence-corrected chi connectivity index (χ2v) is 8.12. The Labute approximate surface area is 167 Å². The first-order valence-electron chi connectivity index (χ1n) is 8.74. The number of rotatable bonds is 4. The molecule has 0 amide bonds. The zero-order valence-corrected chi connectivity index (χ0v) is 16.5. The quantitative estimate of drug-likeness (QED) is 0.546. The molecule has 0 aliphatic heterocycles. The predicted octanol–water partition coefficient (Wildman–Crippen LogP) is 4.18. The Kier molecular flexibility index (Phi) is 4.53. The Morgan fingerprint density at radius 2 is 1.79 bits per heavy atom. The minimum absolute atomic E-state index is 0.0185. The predicted molar refractivity (Wildman–Crippen MR) is 109 cm³/mol. The van der Waals surface area contributed by atoms with Crippen molar-refractivity contribution in [2.75, 3.05) is 4.72 Å². The van der Waals surface area contributed by atoms with Crippen molar-refractivity contribution in [3.05, 3.63) is 71.9 Å². The number of aromatic nitrogens is 2. The molecule has 0 unspecified atom stereocenters. The van der Waals surface area contributed by atoms with Gasteiger partial charge in [0.2, 0.25) is 0 Å². The first kappa shape index (κ1) is 18.7. The summed E-state index contributed by atoms with van der Waals surface area (Å²) in [6.45, 7) is 3.13. The fourth-order valence-electron chi connectivity index (χ4n) is 3.38. The normalized spacial score (nSPS) is 11.3. The number of pyridine rings is 1. The molecule has 2 aromatic heterocycles. The summed E-state index contributed by atoms with van der Waals surface area (Å²) in [4.78, 5) is 4.19. The molecule has 4 rings (SSSR count). The second kappa shape index (κ2) is 7.04. The van der Waals surface area contributed by atoms with Crippen LogP contribution >= 0.6 is 0 Å². The number of sulfonamides is 1. The number of anilines is 1. The summed E-state index contributed by atoms with van der Waals surface area (Å²) in [6, 6.07) is 14.8. The van der Waals surface area contributed by atoms with Gasteiger partial charge in [-0.1, -0.05) is 35.5 Å². The maximum Gasteiger partial charge on any atom is 0.267 e. The molecule has 0 aliphatic carbocycles. The van der Waals surface area contributed by atoms with E-state index in [2.05, 4.69) is 20.9 Å². The molecule has 7 nitrogen and oxygen atoms in total. The van der Waals surface area contributed by atoms with Gasteiger partial charge >= 0.3 is 0 Å². The van der Waals surface area contributed by atoms with Crippen molar-refractivity contribution in [1.29, 1.82) is 5.26 Å². The second-order valence-electron chi connectivity index (χ2n) is 6.50. The number of hydrogen-bond acceptors (Lipinski definition) is 6. The molecule has 4 aromatic rings. The number of nitriles is 1. The largest absolute Gasteiger partial charge is 0.360 e. The SMILES string of the molecule is Cc1noc(C)c1S(=O)(=O)Nc1ccncc1-c1ccc(C#N)c2ccccc12. The van der Waals surface area contributed by atoms with E-state index in [1.165, 1.54) is 6.20 Å². The maximum atomic E-state index is 13.0.